The molecule has 2 atom stereocenters. The molecule has 1 aromatic rings. The van der Waals surface area contributed by atoms with Crippen LogP contribution in [0.3, 0.4) is 0 Å². The van der Waals surface area contributed by atoms with E-state index in [2.05, 4.69) is 10.1 Å². The molecule has 1 aliphatic rings. The first-order valence-corrected chi connectivity index (χ1v) is 6.13. The second kappa shape index (κ2) is 6.29. The maximum atomic E-state index is 9.16. The maximum absolute atomic E-state index is 9.16. The molecule has 0 aromatic carbocycles. The lowest BCUT2D eigenvalue weighted by Crippen LogP contribution is -2.47. The number of hydrogen-bond donors (Lipinski definition) is 1. The molecule has 0 radical (unpaired) electrons. The average Bonchev–Trinajstić information content (AvgIpc) is 2.76. The highest BCUT2D eigenvalue weighted by Crippen LogP contribution is 2.14. The third-order valence-electron chi connectivity index (χ3n) is 2.89. The monoisotopic (exact) mass is 256 g/mol. The fourth-order valence-corrected chi connectivity index (χ4v) is 2.24. The summed E-state index contributed by atoms with van der Waals surface area (Å²) in [6.07, 6.45) is 0.0142. The van der Waals surface area contributed by atoms with E-state index >= 15 is 0 Å². The van der Waals surface area contributed by atoms with Gasteiger partial charge < -0.3 is 19.1 Å². The molecule has 18 heavy (non-hydrogen) atoms. The van der Waals surface area contributed by atoms with E-state index in [0.717, 1.165) is 18.0 Å². The second-order valence-electron chi connectivity index (χ2n) is 4.66. The van der Waals surface area contributed by atoms with Crippen LogP contribution in [0.15, 0.2) is 10.6 Å². The van der Waals surface area contributed by atoms with E-state index in [1.54, 1.807) is 7.11 Å². The molecule has 0 amide bonds. The lowest BCUT2D eigenvalue weighted by atomic mass is 10.2. The van der Waals surface area contributed by atoms with Gasteiger partial charge in [-0.05, 0) is 6.92 Å². The van der Waals surface area contributed by atoms with Crippen LogP contribution in [-0.4, -0.2) is 54.2 Å². The Morgan fingerprint density at radius 3 is 3.11 bits per heavy atom. The minimum atomic E-state index is -0.112. The van der Waals surface area contributed by atoms with Crippen LogP contribution in [-0.2, 0) is 22.6 Å². The van der Waals surface area contributed by atoms with Crippen molar-refractivity contribution in [2.24, 2.45) is 0 Å². The molecule has 0 aliphatic carbocycles. The number of hydrogen-bond acceptors (Lipinski definition) is 6. The zero-order valence-corrected chi connectivity index (χ0v) is 10.8. The number of rotatable bonds is 5. The van der Waals surface area contributed by atoms with Crippen molar-refractivity contribution in [3.8, 4) is 0 Å². The van der Waals surface area contributed by atoms with Gasteiger partial charge in [-0.3, -0.25) is 4.90 Å². The van der Waals surface area contributed by atoms with Crippen molar-refractivity contribution in [3.63, 3.8) is 0 Å². The summed E-state index contributed by atoms with van der Waals surface area (Å²) in [7, 11) is 1.62. The van der Waals surface area contributed by atoms with E-state index in [1.165, 1.54) is 0 Å². The molecule has 0 saturated carbocycles. The number of aliphatic hydroxyl groups excluding tert-OH is 1. The van der Waals surface area contributed by atoms with Crippen molar-refractivity contribution >= 4 is 0 Å². The standard InChI is InChI=1S/C12H20N2O4/c1-9-4-14(6-12(7-15)17-9)5-10-3-11(8-16-2)18-13-10/h3,9,12,15H,4-8H2,1-2H3. The number of ether oxygens (including phenoxy) is 2. The Kier molecular flexibility index (Phi) is 4.71. The Hall–Kier alpha value is -0.950. The van der Waals surface area contributed by atoms with Crippen molar-refractivity contribution < 1.29 is 19.1 Å². The molecule has 1 aromatic heterocycles. The van der Waals surface area contributed by atoms with Crippen molar-refractivity contribution in [2.75, 3.05) is 26.8 Å². The summed E-state index contributed by atoms with van der Waals surface area (Å²) in [6.45, 7) is 4.75. The Morgan fingerprint density at radius 1 is 1.56 bits per heavy atom. The quantitative estimate of drug-likeness (QED) is 0.822. The summed E-state index contributed by atoms with van der Waals surface area (Å²) < 4.78 is 15.7. The topological polar surface area (TPSA) is 68.0 Å². The second-order valence-corrected chi connectivity index (χ2v) is 4.66. The summed E-state index contributed by atoms with van der Waals surface area (Å²) in [4.78, 5) is 2.21. The molecule has 1 fully saturated rings. The highest BCUT2D eigenvalue weighted by molar-refractivity contribution is 5.04. The van der Waals surface area contributed by atoms with Crippen LogP contribution >= 0.6 is 0 Å². The maximum Gasteiger partial charge on any atom is 0.162 e. The van der Waals surface area contributed by atoms with Crippen molar-refractivity contribution in [2.45, 2.75) is 32.3 Å². The smallest absolute Gasteiger partial charge is 0.162 e. The van der Waals surface area contributed by atoms with Gasteiger partial charge in [0.15, 0.2) is 5.76 Å². The predicted molar refractivity (Wildman–Crippen MR) is 63.9 cm³/mol. The van der Waals surface area contributed by atoms with E-state index < -0.39 is 0 Å². The Labute approximate surface area is 106 Å². The van der Waals surface area contributed by atoms with Gasteiger partial charge in [0.1, 0.15) is 6.61 Å². The molecular weight excluding hydrogens is 236 g/mol. The van der Waals surface area contributed by atoms with E-state index in [9.17, 15) is 0 Å². The highest BCUT2D eigenvalue weighted by atomic mass is 16.5. The van der Waals surface area contributed by atoms with Crippen molar-refractivity contribution in [1.82, 2.24) is 10.1 Å². The van der Waals surface area contributed by atoms with Crippen LogP contribution in [0.2, 0.25) is 0 Å². The molecule has 2 unspecified atom stereocenters. The van der Waals surface area contributed by atoms with E-state index in [0.29, 0.717) is 19.7 Å². The Balaban J connectivity index is 1.91. The van der Waals surface area contributed by atoms with Crippen LogP contribution in [0.25, 0.3) is 0 Å². The van der Waals surface area contributed by atoms with Crippen molar-refractivity contribution in [1.29, 1.82) is 0 Å². The van der Waals surface area contributed by atoms with Crippen LogP contribution in [0.1, 0.15) is 18.4 Å². The molecule has 0 bridgehead atoms. The van der Waals surface area contributed by atoms with Gasteiger partial charge in [0.25, 0.3) is 0 Å². The van der Waals surface area contributed by atoms with Gasteiger partial charge in [-0.1, -0.05) is 5.16 Å². The number of morpholine rings is 1. The largest absolute Gasteiger partial charge is 0.394 e. The molecule has 102 valence electrons. The van der Waals surface area contributed by atoms with Gasteiger partial charge in [-0.25, -0.2) is 0 Å². The van der Waals surface area contributed by atoms with Crippen LogP contribution in [0.4, 0.5) is 0 Å². The van der Waals surface area contributed by atoms with E-state index in [-0.39, 0.29) is 18.8 Å². The van der Waals surface area contributed by atoms with Gasteiger partial charge in [0.2, 0.25) is 0 Å². The zero-order chi connectivity index (χ0) is 13.0. The van der Waals surface area contributed by atoms with Crippen LogP contribution < -0.4 is 0 Å². The zero-order valence-electron chi connectivity index (χ0n) is 10.8. The van der Waals surface area contributed by atoms with Gasteiger partial charge in [-0.15, -0.1) is 0 Å². The fourth-order valence-electron chi connectivity index (χ4n) is 2.24. The van der Waals surface area contributed by atoms with Gasteiger partial charge in [0.05, 0.1) is 24.5 Å². The lowest BCUT2D eigenvalue weighted by Gasteiger charge is -2.35. The third kappa shape index (κ3) is 3.52. The molecule has 6 heteroatoms. The first-order chi connectivity index (χ1) is 8.71. The first-order valence-electron chi connectivity index (χ1n) is 6.13. The fraction of sp³-hybridized carbons (Fsp3) is 0.750. The number of nitrogens with zero attached hydrogens (tertiary/aromatic N) is 2. The Bertz CT molecular complexity index is 369. The molecular formula is C12H20N2O4. The number of aromatic nitrogens is 1. The summed E-state index contributed by atoms with van der Waals surface area (Å²) in [5.41, 5.74) is 0.882. The minimum Gasteiger partial charge on any atom is -0.394 e. The summed E-state index contributed by atoms with van der Waals surface area (Å²) >= 11 is 0. The highest BCUT2D eigenvalue weighted by Gasteiger charge is 2.25. The first kappa shape index (κ1) is 13.5. The van der Waals surface area contributed by atoms with Crippen LogP contribution in [0, 0.1) is 0 Å². The molecule has 0 spiro atoms. The number of methoxy groups -OCH3 is 1. The number of aliphatic hydroxyl groups is 1. The van der Waals surface area contributed by atoms with Crippen molar-refractivity contribution in [3.05, 3.63) is 17.5 Å². The third-order valence-corrected chi connectivity index (χ3v) is 2.89. The molecule has 1 saturated heterocycles. The summed E-state index contributed by atoms with van der Waals surface area (Å²) in [6, 6.07) is 1.90. The van der Waals surface area contributed by atoms with Gasteiger partial charge in [0, 0.05) is 32.8 Å². The minimum absolute atomic E-state index is 0.0502. The van der Waals surface area contributed by atoms with E-state index in [1.807, 2.05) is 13.0 Å². The Morgan fingerprint density at radius 2 is 2.39 bits per heavy atom. The van der Waals surface area contributed by atoms with E-state index in [4.69, 9.17) is 19.1 Å². The predicted octanol–water partition coefficient (Wildman–Crippen LogP) is 0.403. The van der Waals surface area contributed by atoms with Crippen LogP contribution in [0.5, 0.6) is 0 Å². The normalized spacial score (nSPS) is 25.5. The van der Waals surface area contributed by atoms with Gasteiger partial charge >= 0.3 is 0 Å². The molecule has 1 N–H and O–H groups in total. The molecule has 2 rings (SSSR count). The average molecular weight is 256 g/mol. The molecule has 2 heterocycles. The van der Waals surface area contributed by atoms with Gasteiger partial charge in [-0.2, -0.15) is 0 Å². The molecule has 1 aliphatic heterocycles. The molecule has 6 nitrogen and oxygen atoms in total. The SMILES string of the molecule is COCc1cc(CN2CC(C)OC(CO)C2)no1. The summed E-state index contributed by atoms with van der Waals surface area (Å²) in [5, 5.41) is 13.2. The summed E-state index contributed by atoms with van der Waals surface area (Å²) in [5.74, 6) is 0.729. The lowest BCUT2D eigenvalue weighted by molar-refractivity contribution is -0.0976.